The van der Waals surface area contributed by atoms with E-state index in [1.54, 1.807) is 0 Å². The first-order valence-electron chi connectivity index (χ1n) is 22.7. The number of furan rings is 2. The molecular formula is C63H43NO2. The van der Waals surface area contributed by atoms with Gasteiger partial charge in [0, 0.05) is 55.0 Å². The van der Waals surface area contributed by atoms with Gasteiger partial charge < -0.3 is 13.7 Å². The zero-order valence-electron chi connectivity index (χ0n) is 36.6. The maximum absolute atomic E-state index is 6.49. The number of hydrogen-bond acceptors (Lipinski definition) is 3. The number of hydrogen-bond donors (Lipinski definition) is 0. The molecule has 0 unspecified atom stereocenters. The second-order valence-corrected chi connectivity index (χ2v) is 18.0. The van der Waals surface area contributed by atoms with Gasteiger partial charge in [-0.3, -0.25) is 0 Å². The molecule has 0 fully saturated rings. The molecule has 10 aromatic carbocycles. The van der Waals surface area contributed by atoms with E-state index < -0.39 is 0 Å². The van der Waals surface area contributed by atoms with Crippen LogP contribution in [0.4, 0.5) is 17.1 Å². The first kappa shape index (κ1) is 38.1. The van der Waals surface area contributed by atoms with Crippen LogP contribution in [-0.2, 0) is 5.41 Å². The van der Waals surface area contributed by atoms with E-state index in [1.165, 1.54) is 38.9 Å². The number of anilines is 3. The molecule has 0 aliphatic heterocycles. The molecule has 0 N–H and O–H groups in total. The number of rotatable bonds is 7. The van der Waals surface area contributed by atoms with Gasteiger partial charge >= 0.3 is 0 Å². The maximum atomic E-state index is 6.49. The molecule has 1 aliphatic rings. The summed E-state index contributed by atoms with van der Waals surface area (Å²) in [5, 5.41) is 4.50. The maximum Gasteiger partial charge on any atom is 0.143 e. The van der Waals surface area contributed by atoms with Crippen molar-refractivity contribution in [3.05, 3.63) is 236 Å². The standard InChI is InChI=1S/C63H43NO2/c1-63(2)56-25-9-5-17-49(56)55-39-42(33-38-57(55)63)45-15-3-4-16-48(45)50-18-6-10-26-58(50)64(43-34-29-40(30-35-43)46-21-13-23-53-51-19-7-11-27-59(51)65-61(46)53)44-36-31-41(32-37-44)47-22-14-24-54-52-20-8-12-28-60(52)66-62(47)54/h3-39H,1-2H3. The number of benzene rings is 10. The summed E-state index contributed by atoms with van der Waals surface area (Å²) < 4.78 is 13.0. The van der Waals surface area contributed by atoms with Crippen LogP contribution in [0.3, 0.4) is 0 Å². The van der Waals surface area contributed by atoms with Gasteiger partial charge in [-0.1, -0.05) is 190 Å². The lowest BCUT2D eigenvalue weighted by molar-refractivity contribution is 0.660. The van der Waals surface area contributed by atoms with Gasteiger partial charge in [-0.25, -0.2) is 0 Å². The second kappa shape index (κ2) is 14.8. The van der Waals surface area contributed by atoms with E-state index in [9.17, 15) is 0 Å². The largest absolute Gasteiger partial charge is 0.455 e. The van der Waals surface area contributed by atoms with Crippen molar-refractivity contribution in [3.63, 3.8) is 0 Å². The SMILES string of the molecule is CC1(C)c2ccccc2-c2cc(-c3ccccc3-c3ccccc3N(c3ccc(-c4cccc5c4oc4ccccc45)cc3)c3ccc(-c4cccc5c4oc4ccccc45)cc3)ccc21. The van der Waals surface area contributed by atoms with Gasteiger partial charge in [-0.2, -0.15) is 0 Å². The predicted molar refractivity (Wildman–Crippen MR) is 275 cm³/mol. The van der Waals surface area contributed by atoms with Gasteiger partial charge in [0.05, 0.1) is 5.69 Å². The highest BCUT2D eigenvalue weighted by atomic mass is 16.3. The molecule has 0 saturated carbocycles. The summed E-state index contributed by atoms with van der Waals surface area (Å²) >= 11 is 0. The first-order valence-corrected chi connectivity index (χ1v) is 22.7. The minimum absolute atomic E-state index is 0.0562. The van der Waals surface area contributed by atoms with Crippen molar-refractivity contribution in [2.24, 2.45) is 0 Å². The summed E-state index contributed by atoms with van der Waals surface area (Å²) in [5.74, 6) is 0. The van der Waals surface area contributed by atoms with Gasteiger partial charge in [0.25, 0.3) is 0 Å². The Hall–Kier alpha value is -8.40. The van der Waals surface area contributed by atoms with Crippen LogP contribution in [0.5, 0.6) is 0 Å². The molecule has 12 aromatic rings. The van der Waals surface area contributed by atoms with Crippen LogP contribution in [-0.4, -0.2) is 0 Å². The Kier molecular flexibility index (Phi) is 8.56. The molecule has 66 heavy (non-hydrogen) atoms. The molecule has 2 aromatic heterocycles. The summed E-state index contributed by atoms with van der Waals surface area (Å²) in [4.78, 5) is 2.39. The summed E-state index contributed by atoms with van der Waals surface area (Å²) in [6.07, 6.45) is 0. The normalized spacial score (nSPS) is 12.8. The third-order valence-electron chi connectivity index (χ3n) is 13.9. The average Bonchev–Trinajstić information content (AvgIpc) is 4.02. The van der Waals surface area contributed by atoms with E-state index in [4.69, 9.17) is 8.83 Å². The quantitative estimate of drug-likeness (QED) is 0.160. The summed E-state index contributed by atoms with van der Waals surface area (Å²) in [6.45, 7) is 4.68. The third kappa shape index (κ3) is 5.90. The van der Waals surface area contributed by atoms with Crippen LogP contribution < -0.4 is 4.90 Å². The highest BCUT2D eigenvalue weighted by Crippen LogP contribution is 2.51. The molecule has 0 atom stereocenters. The topological polar surface area (TPSA) is 29.5 Å². The Morgan fingerprint density at radius 1 is 0.318 bits per heavy atom. The molecule has 2 heterocycles. The molecule has 0 bridgehead atoms. The summed E-state index contributed by atoms with van der Waals surface area (Å²) in [7, 11) is 0. The Balaban J connectivity index is 0.957. The Bertz CT molecular complexity index is 3690. The minimum Gasteiger partial charge on any atom is -0.455 e. The van der Waals surface area contributed by atoms with E-state index in [-0.39, 0.29) is 5.41 Å². The molecule has 3 nitrogen and oxygen atoms in total. The van der Waals surface area contributed by atoms with Crippen molar-refractivity contribution < 1.29 is 8.83 Å². The van der Waals surface area contributed by atoms with Gasteiger partial charge in [-0.15, -0.1) is 0 Å². The monoisotopic (exact) mass is 845 g/mol. The second-order valence-electron chi connectivity index (χ2n) is 18.0. The summed E-state index contributed by atoms with van der Waals surface area (Å²) in [5.41, 5.74) is 21.1. The highest BCUT2D eigenvalue weighted by molar-refractivity contribution is 6.11. The fourth-order valence-electron chi connectivity index (χ4n) is 10.7. The van der Waals surface area contributed by atoms with Gasteiger partial charge in [0.2, 0.25) is 0 Å². The summed E-state index contributed by atoms with van der Waals surface area (Å²) in [6, 6.07) is 80.9. The lowest BCUT2D eigenvalue weighted by Crippen LogP contribution is -2.14. The van der Waals surface area contributed by atoms with E-state index in [0.717, 1.165) is 88.8 Å². The van der Waals surface area contributed by atoms with Gasteiger partial charge in [0.15, 0.2) is 0 Å². The Morgan fingerprint density at radius 3 is 1.36 bits per heavy atom. The molecule has 1 aliphatic carbocycles. The number of nitrogens with zero attached hydrogens (tertiary/aromatic N) is 1. The molecule has 0 radical (unpaired) electrons. The first-order chi connectivity index (χ1) is 32.5. The fourth-order valence-corrected chi connectivity index (χ4v) is 10.7. The lowest BCUT2D eigenvalue weighted by Gasteiger charge is -2.29. The van der Waals surface area contributed by atoms with Crippen molar-refractivity contribution >= 4 is 60.9 Å². The Morgan fingerprint density at radius 2 is 0.758 bits per heavy atom. The Labute approximate surface area is 383 Å². The van der Waals surface area contributed by atoms with Crippen LogP contribution in [0.1, 0.15) is 25.0 Å². The van der Waals surface area contributed by atoms with Gasteiger partial charge in [-0.05, 0) is 98.6 Å². The van der Waals surface area contributed by atoms with Crippen LogP contribution in [0.15, 0.2) is 233 Å². The highest BCUT2D eigenvalue weighted by Gasteiger charge is 2.35. The minimum atomic E-state index is -0.0562. The van der Waals surface area contributed by atoms with Crippen LogP contribution in [0.2, 0.25) is 0 Å². The number of fused-ring (bicyclic) bond motifs is 9. The van der Waals surface area contributed by atoms with Crippen LogP contribution in [0, 0.1) is 0 Å². The molecule has 0 amide bonds. The molecule has 0 saturated heterocycles. The lowest BCUT2D eigenvalue weighted by atomic mass is 9.82. The predicted octanol–water partition coefficient (Wildman–Crippen LogP) is 17.9. The molecule has 0 spiro atoms. The average molecular weight is 846 g/mol. The van der Waals surface area contributed by atoms with Crippen LogP contribution in [0.25, 0.3) is 99.5 Å². The van der Waals surface area contributed by atoms with E-state index in [1.807, 2.05) is 24.3 Å². The van der Waals surface area contributed by atoms with E-state index in [2.05, 4.69) is 219 Å². The molecule has 13 rings (SSSR count). The molecule has 3 heteroatoms. The molecular weight excluding hydrogens is 803 g/mol. The zero-order valence-corrected chi connectivity index (χ0v) is 36.6. The van der Waals surface area contributed by atoms with Crippen molar-refractivity contribution in [2.75, 3.05) is 4.90 Å². The van der Waals surface area contributed by atoms with E-state index >= 15 is 0 Å². The zero-order chi connectivity index (χ0) is 43.9. The molecule has 312 valence electrons. The smallest absolute Gasteiger partial charge is 0.143 e. The van der Waals surface area contributed by atoms with Crippen molar-refractivity contribution in [3.8, 4) is 55.6 Å². The van der Waals surface area contributed by atoms with Gasteiger partial charge in [0.1, 0.15) is 22.3 Å². The van der Waals surface area contributed by atoms with Crippen molar-refractivity contribution in [1.82, 2.24) is 0 Å². The van der Waals surface area contributed by atoms with E-state index in [0.29, 0.717) is 0 Å². The fraction of sp³-hybridized carbons (Fsp3) is 0.0476. The third-order valence-corrected chi connectivity index (χ3v) is 13.9. The van der Waals surface area contributed by atoms with Crippen molar-refractivity contribution in [2.45, 2.75) is 19.3 Å². The van der Waals surface area contributed by atoms with Crippen molar-refractivity contribution in [1.29, 1.82) is 0 Å². The number of para-hydroxylation sites is 5. The van der Waals surface area contributed by atoms with Crippen LogP contribution >= 0.6 is 0 Å².